The van der Waals surface area contributed by atoms with Gasteiger partial charge in [0.15, 0.2) is 17.7 Å². The molecule has 9 heteroatoms. The zero-order valence-corrected chi connectivity index (χ0v) is 17.1. The van der Waals surface area contributed by atoms with Gasteiger partial charge >= 0.3 is 0 Å². The molecule has 2 heterocycles. The number of carbonyl (C=O) groups excluding carboxylic acids is 2. The van der Waals surface area contributed by atoms with E-state index in [-0.39, 0.29) is 23.5 Å². The van der Waals surface area contributed by atoms with Crippen molar-refractivity contribution in [2.45, 2.75) is 32.9 Å². The molecular weight excluding hydrogens is 403 g/mol. The lowest BCUT2D eigenvalue weighted by Crippen LogP contribution is -2.55. The fraction of sp³-hybridized carbons (Fsp3) is 0.316. The van der Waals surface area contributed by atoms with E-state index in [9.17, 15) is 9.59 Å². The number of hydrogen-bond donors (Lipinski definition) is 2. The number of hydrogen-bond acceptors (Lipinski definition) is 5. The molecule has 148 valence electrons. The van der Waals surface area contributed by atoms with E-state index < -0.39 is 18.1 Å². The van der Waals surface area contributed by atoms with E-state index in [4.69, 9.17) is 33.7 Å². The lowest BCUT2D eigenvalue weighted by atomic mass is 10.0. The van der Waals surface area contributed by atoms with Crippen LogP contribution in [-0.2, 0) is 9.59 Å². The Morgan fingerprint density at radius 3 is 2.64 bits per heavy atom. The topological polar surface area (TPSA) is 97.6 Å². The Bertz CT molecular complexity index is 935. The number of benzene rings is 1. The molecule has 0 saturated heterocycles. The number of nitrogens with one attached hydrogen (secondary N) is 1. The van der Waals surface area contributed by atoms with Gasteiger partial charge in [-0.1, -0.05) is 37.0 Å². The van der Waals surface area contributed by atoms with Crippen molar-refractivity contribution in [2.24, 2.45) is 5.92 Å². The summed E-state index contributed by atoms with van der Waals surface area (Å²) < 4.78 is 5.79. The molecule has 3 N–H and O–H groups in total. The zero-order valence-electron chi connectivity index (χ0n) is 15.6. The number of ether oxygens (including phenoxy) is 1. The van der Waals surface area contributed by atoms with Crippen LogP contribution in [-0.4, -0.2) is 28.9 Å². The van der Waals surface area contributed by atoms with E-state index in [1.54, 1.807) is 31.2 Å². The third-order valence-corrected chi connectivity index (χ3v) is 4.95. The van der Waals surface area contributed by atoms with Gasteiger partial charge in [-0.3, -0.25) is 14.5 Å². The molecule has 2 amide bonds. The van der Waals surface area contributed by atoms with Gasteiger partial charge in [0, 0.05) is 5.02 Å². The maximum Gasteiger partial charge on any atom is 0.270 e. The highest BCUT2D eigenvalue weighted by molar-refractivity contribution is 6.35. The first-order chi connectivity index (χ1) is 13.2. The fourth-order valence-electron chi connectivity index (χ4n) is 2.89. The molecule has 0 spiro atoms. The lowest BCUT2D eigenvalue weighted by Gasteiger charge is -2.37. The summed E-state index contributed by atoms with van der Waals surface area (Å²) >= 11 is 12.1. The van der Waals surface area contributed by atoms with Crippen LogP contribution < -0.4 is 20.7 Å². The Hall–Kier alpha value is -2.51. The van der Waals surface area contributed by atoms with Gasteiger partial charge in [-0.25, -0.2) is 4.98 Å². The first-order valence-electron chi connectivity index (χ1n) is 8.71. The van der Waals surface area contributed by atoms with Gasteiger partial charge in [-0.2, -0.15) is 0 Å². The normalized spacial score (nSPS) is 17.1. The number of amides is 2. The fourth-order valence-corrected chi connectivity index (χ4v) is 3.22. The van der Waals surface area contributed by atoms with Gasteiger partial charge in [-0.05, 0) is 43.2 Å². The average molecular weight is 423 g/mol. The Labute approximate surface area is 172 Å². The van der Waals surface area contributed by atoms with Crippen LogP contribution in [0.5, 0.6) is 5.75 Å². The minimum atomic E-state index is -0.888. The Balaban J connectivity index is 1.95. The van der Waals surface area contributed by atoms with Gasteiger partial charge < -0.3 is 15.8 Å². The molecule has 28 heavy (non-hydrogen) atoms. The van der Waals surface area contributed by atoms with Crippen molar-refractivity contribution < 1.29 is 14.3 Å². The van der Waals surface area contributed by atoms with Crippen molar-refractivity contribution in [3.63, 3.8) is 0 Å². The highest BCUT2D eigenvalue weighted by Crippen LogP contribution is 2.36. The van der Waals surface area contributed by atoms with E-state index in [2.05, 4.69) is 10.3 Å². The molecular formula is C19H20Cl2N4O3. The van der Waals surface area contributed by atoms with Gasteiger partial charge in [0.05, 0.1) is 10.7 Å². The molecule has 0 bridgehead atoms. The summed E-state index contributed by atoms with van der Waals surface area (Å²) in [6.45, 7) is 5.34. The van der Waals surface area contributed by atoms with Crippen LogP contribution in [0.2, 0.25) is 10.0 Å². The maximum atomic E-state index is 13.1. The second-order valence-electron chi connectivity index (χ2n) is 6.84. The Kier molecular flexibility index (Phi) is 5.67. The summed E-state index contributed by atoms with van der Waals surface area (Å²) in [5, 5.41) is 3.47. The summed E-state index contributed by atoms with van der Waals surface area (Å²) in [6.07, 6.45) is -0.733. The maximum absolute atomic E-state index is 13.1. The minimum absolute atomic E-state index is 0.0988. The van der Waals surface area contributed by atoms with Crippen LogP contribution in [0.15, 0.2) is 30.3 Å². The molecule has 1 aromatic carbocycles. The van der Waals surface area contributed by atoms with Crippen molar-refractivity contribution in [1.29, 1.82) is 0 Å². The third kappa shape index (κ3) is 3.86. The molecule has 2 atom stereocenters. The second kappa shape index (κ2) is 7.85. The SMILES string of the molecule is CC(C)C1Oc2ccc(N)nc2N(C(C)C(=O)Nc2cc(Cl)ccc2Cl)C1=O. The van der Waals surface area contributed by atoms with Crippen LogP contribution in [0.25, 0.3) is 0 Å². The van der Waals surface area contributed by atoms with Crippen LogP contribution >= 0.6 is 23.2 Å². The van der Waals surface area contributed by atoms with E-state index in [1.165, 1.54) is 11.0 Å². The minimum Gasteiger partial charge on any atom is -0.476 e. The number of nitrogen functional groups attached to an aromatic ring is 1. The lowest BCUT2D eigenvalue weighted by molar-refractivity contribution is -0.130. The van der Waals surface area contributed by atoms with Crippen molar-refractivity contribution in [3.05, 3.63) is 40.4 Å². The zero-order chi connectivity index (χ0) is 20.6. The van der Waals surface area contributed by atoms with E-state index in [1.807, 2.05) is 13.8 Å². The molecule has 2 aromatic rings. The highest BCUT2D eigenvalue weighted by Gasteiger charge is 2.41. The molecule has 0 saturated carbocycles. The summed E-state index contributed by atoms with van der Waals surface area (Å²) in [6, 6.07) is 7.07. The molecule has 0 aliphatic carbocycles. The smallest absolute Gasteiger partial charge is 0.270 e. The molecule has 1 aliphatic heterocycles. The van der Waals surface area contributed by atoms with Crippen molar-refractivity contribution in [2.75, 3.05) is 16.0 Å². The molecule has 2 unspecified atom stereocenters. The molecule has 0 radical (unpaired) electrons. The van der Waals surface area contributed by atoms with Crippen LogP contribution in [0.4, 0.5) is 17.3 Å². The predicted molar refractivity (Wildman–Crippen MR) is 110 cm³/mol. The van der Waals surface area contributed by atoms with E-state index >= 15 is 0 Å². The predicted octanol–water partition coefficient (Wildman–Crippen LogP) is 3.75. The monoisotopic (exact) mass is 422 g/mol. The van der Waals surface area contributed by atoms with Gasteiger partial charge in [0.1, 0.15) is 11.9 Å². The summed E-state index contributed by atoms with van der Waals surface area (Å²) in [4.78, 5) is 31.5. The number of nitrogens with zero attached hydrogens (tertiary/aromatic N) is 2. The number of nitrogens with two attached hydrogens (primary N) is 1. The summed E-state index contributed by atoms with van der Waals surface area (Å²) in [7, 11) is 0. The molecule has 3 rings (SSSR count). The van der Waals surface area contributed by atoms with E-state index in [0.29, 0.717) is 21.5 Å². The second-order valence-corrected chi connectivity index (χ2v) is 7.68. The van der Waals surface area contributed by atoms with Crippen LogP contribution in [0, 0.1) is 5.92 Å². The number of pyridine rings is 1. The molecule has 7 nitrogen and oxygen atoms in total. The quantitative estimate of drug-likeness (QED) is 0.781. The number of rotatable bonds is 4. The first-order valence-corrected chi connectivity index (χ1v) is 9.46. The van der Waals surface area contributed by atoms with Crippen LogP contribution in [0.3, 0.4) is 0 Å². The van der Waals surface area contributed by atoms with E-state index in [0.717, 1.165) is 0 Å². The standard InChI is InChI=1S/C19H20Cl2N4O3/c1-9(2)16-19(27)25(17-14(28-16)6-7-15(22)24-17)10(3)18(26)23-13-8-11(20)4-5-12(13)21/h4-10,16H,1-3H3,(H2,22,24)(H,23,26). The van der Waals surface area contributed by atoms with Crippen molar-refractivity contribution >= 4 is 52.3 Å². The Morgan fingerprint density at radius 1 is 1.25 bits per heavy atom. The van der Waals surface area contributed by atoms with Crippen molar-refractivity contribution in [1.82, 2.24) is 4.98 Å². The molecule has 0 fully saturated rings. The molecule has 1 aromatic heterocycles. The van der Waals surface area contributed by atoms with Crippen LogP contribution in [0.1, 0.15) is 20.8 Å². The Morgan fingerprint density at radius 2 is 1.96 bits per heavy atom. The number of halogens is 2. The third-order valence-electron chi connectivity index (χ3n) is 4.38. The largest absolute Gasteiger partial charge is 0.476 e. The van der Waals surface area contributed by atoms with Crippen molar-refractivity contribution in [3.8, 4) is 5.75 Å². The first kappa shape index (κ1) is 20.2. The highest BCUT2D eigenvalue weighted by atomic mass is 35.5. The molecule has 1 aliphatic rings. The van der Waals surface area contributed by atoms with Gasteiger partial charge in [0.2, 0.25) is 5.91 Å². The number of aromatic nitrogens is 1. The number of anilines is 3. The summed E-state index contributed by atoms with van der Waals surface area (Å²) in [5.41, 5.74) is 6.14. The number of fused-ring (bicyclic) bond motifs is 1. The summed E-state index contributed by atoms with van der Waals surface area (Å²) in [5.74, 6) is -0.0841. The van der Waals surface area contributed by atoms with Gasteiger partial charge in [0.25, 0.3) is 5.91 Å². The number of carbonyl (C=O) groups is 2. The van der Waals surface area contributed by atoms with Gasteiger partial charge in [-0.15, -0.1) is 0 Å². The average Bonchev–Trinajstić information content (AvgIpc) is 2.63.